The molecule has 1 heterocycles. The van der Waals surface area contributed by atoms with Crippen molar-refractivity contribution in [3.8, 4) is 34.5 Å². The number of hydrogen-bond donors (Lipinski definition) is 2. The van der Waals surface area contributed by atoms with Crippen LogP contribution in [0.5, 0.6) is 23.0 Å². The topological polar surface area (TPSA) is 103 Å². The van der Waals surface area contributed by atoms with Crippen LogP contribution in [0.3, 0.4) is 0 Å². The summed E-state index contributed by atoms with van der Waals surface area (Å²) in [5.41, 5.74) is 1.10. The van der Waals surface area contributed by atoms with Crippen molar-refractivity contribution in [2.45, 2.75) is 40.0 Å². The van der Waals surface area contributed by atoms with Crippen LogP contribution < -0.4 is 19.5 Å². The highest BCUT2D eigenvalue weighted by Gasteiger charge is 2.17. The minimum Gasteiger partial charge on any atom is -0.508 e. The maximum Gasteiger partial charge on any atom is 0.387 e. The van der Waals surface area contributed by atoms with Crippen molar-refractivity contribution in [2.24, 2.45) is 0 Å². The van der Waals surface area contributed by atoms with E-state index in [2.05, 4.69) is 15.0 Å². The number of oxazole rings is 1. The zero-order chi connectivity index (χ0) is 24.0. The van der Waals surface area contributed by atoms with Gasteiger partial charge in [0.25, 0.3) is 5.91 Å². The van der Waals surface area contributed by atoms with E-state index in [1.807, 2.05) is 0 Å². The molecule has 0 spiro atoms. The number of alkyl halides is 2. The molecule has 0 saturated carbocycles. The summed E-state index contributed by atoms with van der Waals surface area (Å²) < 4.78 is 46.3. The second kappa shape index (κ2) is 10.7. The van der Waals surface area contributed by atoms with Crippen molar-refractivity contribution in [3.05, 3.63) is 53.9 Å². The van der Waals surface area contributed by atoms with Crippen LogP contribution >= 0.6 is 0 Å². The first kappa shape index (κ1) is 23.8. The van der Waals surface area contributed by atoms with Crippen LogP contribution in [0, 0.1) is 0 Å². The number of ether oxygens (including phenoxy) is 3. The molecule has 8 nitrogen and oxygen atoms in total. The SMILES string of the molecule is CCOc1ccc(O)cc1C(=O)NCc1coc(-c2ccc(OC(F)F)c(OC(C)C)c2)n1. The average Bonchev–Trinajstić information content (AvgIpc) is 3.23. The first-order valence-electron chi connectivity index (χ1n) is 10.2. The number of aromatic nitrogens is 1. The van der Waals surface area contributed by atoms with Crippen LogP contribution in [0.1, 0.15) is 36.8 Å². The zero-order valence-corrected chi connectivity index (χ0v) is 18.3. The summed E-state index contributed by atoms with van der Waals surface area (Å²) in [5, 5.41) is 12.4. The Morgan fingerprint density at radius 3 is 2.58 bits per heavy atom. The Labute approximate surface area is 189 Å². The van der Waals surface area contributed by atoms with Gasteiger partial charge in [0, 0.05) is 5.56 Å². The van der Waals surface area contributed by atoms with Gasteiger partial charge in [-0.25, -0.2) is 4.98 Å². The van der Waals surface area contributed by atoms with Crippen molar-refractivity contribution >= 4 is 5.91 Å². The molecule has 0 aliphatic heterocycles. The molecule has 0 saturated heterocycles. The van der Waals surface area contributed by atoms with Gasteiger partial charge >= 0.3 is 6.61 Å². The average molecular weight is 462 g/mol. The van der Waals surface area contributed by atoms with Gasteiger partial charge in [0.05, 0.1) is 30.5 Å². The molecule has 0 radical (unpaired) electrons. The van der Waals surface area contributed by atoms with Gasteiger partial charge in [-0.15, -0.1) is 0 Å². The first-order valence-corrected chi connectivity index (χ1v) is 10.2. The van der Waals surface area contributed by atoms with Gasteiger partial charge in [-0.05, 0) is 57.2 Å². The number of aromatic hydroxyl groups is 1. The molecule has 3 aromatic rings. The van der Waals surface area contributed by atoms with Gasteiger partial charge in [-0.1, -0.05) is 0 Å². The third-order valence-electron chi connectivity index (χ3n) is 4.26. The Balaban J connectivity index is 1.74. The second-order valence-corrected chi connectivity index (χ2v) is 7.15. The standard InChI is InChI=1S/C23H24F2N2O6/c1-4-30-18-8-6-16(28)10-17(18)21(29)26-11-15-12-31-22(27-15)14-5-7-19(33-23(24)25)20(9-14)32-13(2)3/h5-10,12-13,23,28H,4,11H2,1-3H3,(H,26,29). The van der Waals surface area contributed by atoms with E-state index in [1.165, 1.54) is 42.7 Å². The smallest absolute Gasteiger partial charge is 0.387 e. The van der Waals surface area contributed by atoms with Crippen LogP contribution in [0.2, 0.25) is 0 Å². The summed E-state index contributed by atoms with van der Waals surface area (Å²) in [6, 6.07) is 8.61. The van der Waals surface area contributed by atoms with Crippen molar-refractivity contribution in [1.82, 2.24) is 10.3 Å². The van der Waals surface area contributed by atoms with Crippen LogP contribution in [-0.4, -0.2) is 35.3 Å². The number of phenolic OH excluding ortho intramolecular Hbond substituents is 1. The maximum atomic E-state index is 12.7. The van der Waals surface area contributed by atoms with E-state index in [4.69, 9.17) is 13.9 Å². The molecule has 176 valence electrons. The van der Waals surface area contributed by atoms with Gasteiger partial charge in [0.2, 0.25) is 5.89 Å². The Morgan fingerprint density at radius 1 is 1.12 bits per heavy atom. The molecular weight excluding hydrogens is 438 g/mol. The van der Waals surface area contributed by atoms with Crippen molar-refractivity contribution in [2.75, 3.05) is 6.61 Å². The quantitative estimate of drug-likeness (QED) is 0.448. The van der Waals surface area contributed by atoms with Crippen molar-refractivity contribution < 1.29 is 37.3 Å². The molecule has 1 aromatic heterocycles. The lowest BCUT2D eigenvalue weighted by atomic mass is 10.1. The summed E-state index contributed by atoms with van der Waals surface area (Å²) in [7, 11) is 0. The monoisotopic (exact) mass is 462 g/mol. The van der Waals surface area contributed by atoms with Crippen LogP contribution in [0.4, 0.5) is 8.78 Å². The number of hydrogen-bond acceptors (Lipinski definition) is 7. The Bertz CT molecular complexity index is 1100. The molecule has 0 fully saturated rings. The van der Waals surface area contributed by atoms with Gasteiger partial charge in [-0.3, -0.25) is 4.79 Å². The van der Waals surface area contributed by atoms with Gasteiger partial charge in [0.15, 0.2) is 11.5 Å². The number of halogens is 2. The lowest BCUT2D eigenvalue weighted by Crippen LogP contribution is -2.23. The summed E-state index contributed by atoms with van der Waals surface area (Å²) in [6.07, 6.45) is 1.10. The molecule has 0 aliphatic rings. The van der Waals surface area contributed by atoms with E-state index < -0.39 is 12.5 Å². The number of carbonyl (C=O) groups excluding carboxylic acids is 1. The largest absolute Gasteiger partial charge is 0.508 e. The molecule has 1 amide bonds. The summed E-state index contributed by atoms with van der Waals surface area (Å²) in [6.45, 7) is 2.72. The molecule has 0 bridgehead atoms. The number of nitrogens with one attached hydrogen (secondary N) is 1. The molecular formula is C23H24F2N2O6. The summed E-state index contributed by atoms with van der Waals surface area (Å²) in [4.78, 5) is 16.9. The van der Waals surface area contributed by atoms with Crippen molar-refractivity contribution in [1.29, 1.82) is 0 Å². The Morgan fingerprint density at radius 2 is 1.88 bits per heavy atom. The number of amides is 1. The van der Waals surface area contributed by atoms with E-state index in [0.717, 1.165) is 0 Å². The number of phenols is 1. The molecule has 0 unspecified atom stereocenters. The highest BCUT2D eigenvalue weighted by atomic mass is 19.3. The fourth-order valence-corrected chi connectivity index (χ4v) is 2.94. The highest BCUT2D eigenvalue weighted by molar-refractivity contribution is 5.97. The number of nitrogens with zero attached hydrogens (tertiary/aromatic N) is 1. The van der Waals surface area contributed by atoms with E-state index in [1.54, 1.807) is 20.8 Å². The van der Waals surface area contributed by atoms with E-state index in [9.17, 15) is 18.7 Å². The minimum atomic E-state index is -2.99. The lowest BCUT2D eigenvalue weighted by molar-refractivity contribution is -0.0518. The first-order chi connectivity index (χ1) is 15.8. The van der Waals surface area contributed by atoms with Gasteiger partial charge < -0.3 is 29.1 Å². The van der Waals surface area contributed by atoms with E-state index in [0.29, 0.717) is 23.6 Å². The third-order valence-corrected chi connectivity index (χ3v) is 4.26. The Hall–Kier alpha value is -3.82. The van der Waals surface area contributed by atoms with Crippen molar-refractivity contribution in [3.63, 3.8) is 0 Å². The highest BCUT2D eigenvalue weighted by Crippen LogP contribution is 2.34. The van der Waals surface area contributed by atoms with E-state index >= 15 is 0 Å². The molecule has 0 atom stereocenters. The second-order valence-electron chi connectivity index (χ2n) is 7.15. The number of carbonyl (C=O) groups is 1. The molecule has 0 aliphatic carbocycles. The Kier molecular flexibility index (Phi) is 7.70. The van der Waals surface area contributed by atoms with Gasteiger partial charge in [0.1, 0.15) is 17.8 Å². The summed E-state index contributed by atoms with van der Waals surface area (Å²) in [5.74, 6) is 0.0631. The van der Waals surface area contributed by atoms with Crippen LogP contribution in [-0.2, 0) is 6.54 Å². The fourth-order valence-electron chi connectivity index (χ4n) is 2.94. The predicted molar refractivity (Wildman–Crippen MR) is 115 cm³/mol. The summed E-state index contributed by atoms with van der Waals surface area (Å²) >= 11 is 0. The normalized spacial score (nSPS) is 11.0. The predicted octanol–water partition coefficient (Wildman–Crippen LogP) is 4.76. The third kappa shape index (κ3) is 6.34. The fraction of sp³-hybridized carbons (Fsp3) is 0.304. The van der Waals surface area contributed by atoms with Crippen LogP contribution in [0.15, 0.2) is 47.1 Å². The van der Waals surface area contributed by atoms with Crippen LogP contribution in [0.25, 0.3) is 11.5 Å². The molecule has 10 heteroatoms. The minimum absolute atomic E-state index is 0.0471. The molecule has 3 rings (SSSR count). The lowest BCUT2D eigenvalue weighted by Gasteiger charge is -2.15. The molecule has 33 heavy (non-hydrogen) atoms. The zero-order valence-electron chi connectivity index (χ0n) is 18.3. The van der Waals surface area contributed by atoms with Gasteiger partial charge in [-0.2, -0.15) is 8.78 Å². The number of rotatable bonds is 10. The molecule has 2 aromatic carbocycles. The maximum absolute atomic E-state index is 12.7. The molecule has 2 N–H and O–H groups in total. The number of benzene rings is 2. The van der Waals surface area contributed by atoms with E-state index in [-0.39, 0.29) is 41.4 Å².